The standard InChI is InChI=1S/C13H11N3O3S/c17-11(18)6-3-9-1-4-10(5-2-9)15-12(19)16-13-14-7-8-20-13/h1-8H,(H,17,18)(H2,14,15,16,19). The topological polar surface area (TPSA) is 91.3 Å². The van der Waals surface area contributed by atoms with Crippen molar-refractivity contribution in [2.75, 3.05) is 10.6 Å². The number of aliphatic carboxylic acids is 1. The van der Waals surface area contributed by atoms with Crippen LogP contribution in [0.25, 0.3) is 6.08 Å². The van der Waals surface area contributed by atoms with E-state index >= 15 is 0 Å². The first-order chi connectivity index (χ1) is 9.63. The molecule has 7 heteroatoms. The molecule has 0 saturated heterocycles. The summed E-state index contributed by atoms with van der Waals surface area (Å²) >= 11 is 1.33. The molecule has 2 rings (SSSR count). The number of carboxylic acid groups (broad SMARTS) is 1. The first-order valence-corrected chi connectivity index (χ1v) is 6.50. The van der Waals surface area contributed by atoms with Gasteiger partial charge in [0.15, 0.2) is 5.13 Å². The molecule has 1 aromatic carbocycles. The van der Waals surface area contributed by atoms with Crippen LogP contribution in [0.5, 0.6) is 0 Å². The molecule has 1 aromatic heterocycles. The highest BCUT2D eigenvalue weighted by molar-refractivity contribution is 7.13. The summed E-state index contributed by atoms with van der Waals surface area (Å²) in [5.41, 5.74) is 1.34. The monoisotopic (exact) mass is 289 g/mol. The Hall–Kier alpha value is -2.67. The van der Waals surface area contributed by atoms with Crippen LogP contribution in [-0.4, -0.2) is 22.1 Å². The number of benzene rings is 1. The van der Waals surface area contributed by atoms with Gasteiger partial charge in [0.1, 0.15) is 0 Å². The van der Waals surface area contributed by atoms with Crippen molar-refractivity contribution in [3.63, 3.8) is 0 Å². The number of thiazole rings is 1. The van der Waals surface area contributed by atoms with E-state index in [1.807, 2.05) is 0 Å². The van der Waals surface area contributed by atoms with Gasteiger partial charge in [-0.25, -0.2) is 14.6 Å². The van der Waals surface area contributed by atoms with Gasteiger partial charge >= 0.3 is 12.0 Å². The minimum atomic E-state index is -1.00. The molecule has 20 heavy (non-hydrogen) atoms. The second kappa shape index (κ2) is 6.48. The number of rotatable bonds is 4. The van der Waals surface area contributed by atoms with E-state index in [0.29, 0.717) is 10.8 Å². The normalized spacial score (nSPS) is 10.4. The number of nitrogens with one attached hydrogen (secondary N) is 2. The fourth-order valence-electron chi connectivity index (χ4n) is 1.39. The molecule has 0 fully saturated rings. The molecule has 2 aromatic rings. The summed E-state index contributed by atoms with van der Waals surface area (Å²) in [6.07, 6.45) is 4.13. The number of carboxylic acids is 1. The van der Waals surface area contributed by atoms with Crippen molar-refractivity contribution in [1.29, 1.82) is 0 Å². The number of hydrogen-bond donors (Lipinski definition) is 3. The average molecular weight is 289 g/mol. The third-order valence-electron chi connectivity index (χ3n) is 2.24. The van der Waals surface area contributed by atoms with E-state index in [4.69, 9.17) is 5.11 Å². The van der Waals surface area contributed by atoms with Crippen LogP contribution in [0, 0.1) is 0 Å². The number of anilines is 2. The molecule has 3 N–H and O–H groups in total. The first kappa shape index (κ1) is 13.8. The fourth-order valence-corrected chi connectivity index (χ4v) is 1.91. The molecular formula is C13H11N3O3S. The lowest BCUT2D eigenvalue weighted by Crippen LogP contribution is -2.19. The van der Waals surface area contributed by atoms with E-state index in [9.17, 15) is 9.59 Å². The first-order valence-electron chi connectivity index (χ1n) is 5.62. The molecule has 0 aliphatic carbocycles. The largest absolute Gasteiger partial charge is 0.478 e. The minimum Gasteiger partial charge on any atom is -0.478 e. The molecular weight excluding hydrogens is 278 g/mol. The van der Waals surface area contributed by atoms with Crippen LogP contribution in [0.4, 0.5) is 15.6 Å². The highest BCUT2D eigenvalue weighted by Crippen LogP contribution is 2.13. The Balaban J connectivity index is 1.93. The smallest absolute Gasteiger partial charge is 0.328 e. The maximum absolute atomic E-state index is 11.6. The lowest BCUT2D eigenvalue weighted by Gasteiger charge is -2.05. The van der Waals surface area contributed by atoms with E-state index in [2.05, 4.69) is 15.6 Å². The highest BCUT2D eigenvalue weighted by atomic mass is 32.1. The summed E-state index contributed by atoms with van der Waals surface area (Å²) in [7, 11) is 0. The number of urea groups is 1. The quantitative estimate of drug-likeness (QED) is 0.755. The predicted octanol–water partition coefficient (Wildman–Crippen LogP) is 2.88. The zero-order chi connectivity index (χ0) is 14.4. The third kappa shape index (κ3) is 4.21. The number of amides is 2. The number of carbonyl (C=O) groups excluding carboxylic acids is 1. The van der Waals surface area contributed by atoms with Gasteiger partial charge in [-0.15, -0.1) is 11.3 Å². The van der Waals surface area contributed by atoms with Crippen molar-refractivity contribution in [2.45, 2.75) is 0 Å². The Kier molecular flexibility index (Phi) is 4.46. The Morgan fingerprint density at radius 3 is 2.55 bits per heavy atom. The lowest BCUT2D eigenvalue weighted by molar-refractivity contribution is -0.131. The summed E-state index contributed by atoms with van der Waals surface area (Å²) < 4.78 is 0. The van der Waals surface area contributed by atoms with Gasteiger partial charge in [-0.3, -0.25) is 5.32 Å². The number of carbonyl (C=O) groups is 2. The van der Waals surface area contributed by atoms with E-state index in [1.165, 1.54) is 17.4 Å². The summed E-state index contributed by atoms with van der Waals surface area (Å²) in [4.78, 5) is 25.9. The van der Waals surface area contributed by atoms with Gasteiger partial charge in [0.2, 0.25) is 0 Å². The van der Waals surface area contributed by atoms with Crippen molar-refractivity contribution < 1.29 is 14.7 Å². The SMILES string of the molecule is O=C(O)C=Cc1ccc(NC(=O)Nc2nccs2)cc1. The molecule has 0 aliphatic heterocycles. The van der Waals surface area contributed by atoms with Crippen LogP contribution < -0.4 is 10.6 Å². The average Bonchev–Trinajstić information content (AvgIpc) is 2.90. The maximum Gasteiger partial charge on any atom is 0.328 e. The summed E-state index contributed by atoms with van der Waals surface area (Å²) in [6, 6.07) is 6.40. The molecule has 102 valence electrons. The maximum atomic E-state index is 11.6. The number of aromatic nitrogens is 1. The van der Waals surface area contributed by atoms with Gasteiger partial charge < -0.3 is 10.4 Å². The Morgan fingerprint density at radius 2 is 1.95 bits per heavy atom. The minimum absolute atomic E-state index is 0.381. The van der Waals surface area contributed by atoms with Crippen molar-refractivity contribution in [1.82, 2.24) is 4.98 Å². The van der Waals surface area contributed by atoms with Crippen LogP contribution in [0.15, 0.2) is 41.9 Å². The molecule has 0 radical (unpaired) electrons. The van der Waals surface area contributed by atoms with Crippen LogP contribution in [-0.2, 0) is 4.79 Å². The molecule has 0 atom stereocenters. The Bertz CT molecular complexity index is 621. The van der Waals surface area contributed by atoms with Gasteiger partial charge in [0, 0.05) is 23.3 Å². The molecule has 0 unspecified atom stereocenters. The van der Waals surface area contributed by atoms with Gasteiger partial charge in [-0.05, 0) is 23.8 Å². The second-order valence-corrected chi connectivity index (χ2v) is 4.60. The third-order valence-corrected chi connectivity index (χ3v) is 2.93. The molecule has 0 saturated carbocycles. The Labute approximate surface area is 118 Å². The summed E-state index contributed by atoms with van der Waals surface area (Å²) in [6.45, 7) is 0. The van der Waals surface area contributed by atoms with Crippen LogP contribution in [0.1, 0.15) is 5.56 Å². The molecule has 0 aliphatic rings. The fraction of sp³-hybridized carbons (Fsp3) is 0. The molecule has 2 amide bonds. The van der Waals surface area contributed by atoms with E-state index in [0.717, 1.165) is 11.6 Å². The van der Waals surface area contributed by atoms with Crippen molar-refractivity contribution in [3.8, 4) is 0 Å². The van der Waals surface area contributed by atoms with Gasteiger partial charge in [0.05, 0.1) is 0 Å². The molecule has 0 bridgehead atoms. The van der Waals surface area contributed by atoms with Gasteiger partial charge in [-0.1, -0.05) is 12.1 Å². The van der Waals surface area contributed by atoms with Crippen LogP contribution in [0.3, 0.4) is 0 Å². The van der Waals surface area contributed by atoms with Crippen molar-refractivity contribution in [3.05, 3.63) is 47.5 Å². The zero-order valence-electron chi connectivity index (χ0n) is 10.2. The highest BCUT2D eigenvalue weighted by Gasteiger charge is 2.03. The summed E-state index contributed by atoms with van der Waals surface area (Å²) in [5, 5.41) is 16.0. The van der Waals surface area contributed by atoms with E-state index < -0.39 is 5.97 Å². The summed E-state index contributed by atoms with van der Waals surface area (Å²) in [5.74, 6) is -1.00. The van der Waals surface area contributed by atoms with E-state index in [-0.39, 0.29) is 6.03 Å². The van der Waals surface area contributed by atoms with Gasteiger partial charge in [0.25, 0.3) is 0 Å². The lowest BCUT2D eigenvalue weighted by atomic mass is 10.2. The molecule has 6 nitrogen and oxygen atoms in total. The van der Waals surface area contributed by atoms with E-state index in [1.54, 1.807) is 35.8 Å². The zero-order valence-corrected chi connectivity index (χ0v) is 11.1. The second-order valence-electron chi connectivity index (χ2n) is 3.71. The van der Waals surface area contributed by atoms with Gasteiger partial charge in [-0.2, -0.15) is 0 Å². The number of nitrogens with zero attached hydrogens (tertiary/aromatic N) is 1. The Morgan fingerprint density at radius 1 is 1.20 bits per heavy atom. The van der Waals surface area contributed by atoms with Crippen LogP contribution >= 0.6 is 11.3 Å². The van der Waals surface area contributed by atoms with Crippen LogP contribution in [0.2, 0.25) is 0 Å². The molecule has 1 heterocycles. The number of hydrogen-bond acceptors (Lipinski definition) is 4. The van der Waals surface area contributed by atoms with Crippen molar-refractivity contribution in [2.24, 2.45) is 0 Å². The molecule has 0 spiro atoms. The predicted molar refractivity (Wildman–Crippen MR) is 77.9 cm³/mol. The van der Waals surface area contributed by atoms with Crippen molar-refractivity contribution >= 4 is 40.2 Å².